The van der Waals surface area contributed by atoms with Crippen molar-refractivity contribution in [3.05, 3.63) is 95.3 Å². The molecule has 1 atom stereocenters. The Bertz CT molecular complexity index is 854. The fourth-order valence-corrected chi connectivity index (χ4v) is 3.59. The highest BCUT2D eigenvalue weighted by Gasteiger charge is 2.18. The maximum absolute atomic E-state index is 5.89. The third kappa shape index (κ3) is 5.09. The third-order valence-corrected chi connectivity index (χ3v) is 4.93. The van der Waals surface area contributed by atoms with Crippen LogP contribution in [0.1, 0.15) is 41.3 Å². The van der Waals surface area contributed by atoms with E-state index in [9.17, 15) is 0 Å². The Morgan fingerprint density at radius 1 is 1.00 bits per heavy atom. The Labute approximate surface area is 167 Å². The van der Waals surface area contributed by atoms with Crippen molar-refractivity contribution in [3.8, 4) is 5.75 Å². The van der Waals surface area contributed by atoms with E-state index in [1.54, 1.807) is 6.20 Å². The molecular weight excluding hydrogens is 356 g/mol. The molecule has 0 aliphatic heterocycles. The predicted molar refractivity (Wildman–Crippen MR) is 111 cm³/mol. The number of pyridine rings is 1. The standard InChI is InChI=1S/C23H24N2O.ClH/c1-2-12-22-19(8-1)9-6-13-23(22)25-16-18-7-5-11-21(15-18)26-17-20-10-3-4-14-24-20;/h1-5,7-8,10-12,14-15,23,25H,6,9,13,16-17H2;1H. The van der Waals surface area contributed by atoms with Gasteiger partial charge < -0.3 is 10.1 Å². The number of halogens is 1. The van der Waals surface area contributed by atoms with Crippen LogP contribution in [0.5, 0.6) is 5.75 Å². The molecule has 3 aromatic rings. The lowest BCUT2D eigenvalue weighted by atomic mass is 9.87. The minimum absolute atomic E-state index is 0. The number of benzene rings is 2. The quantitative estimate of drug-likeness (QED) is 0.634. The van der Waals surface area contributed by atoms with E-state index in [4.69, 9.17) is 4.74 Å². The first-order valence-electron chi connectivity index (χ1n) is 9.31. The number of ether oxygens (including phenoxy) is 1. The zero-order valence-electron chi connectivity index (χ0n) is 15.3. The van der Waals surface area contributed by atoms with Gasteiger partial charge in [-0.1, -0.05) is 42.5 Å². The lowest BCUT2D eigenvalue weighted by Crippen LogP contribution is -2.24. The monoisotopic (exact) mass is 380 g/mol. The van der Waals surface area contributed by atoms with Crippen LogP contribution in [0.4, 0.5) is 0 Å². The molecule has 3 nitrogen and oxygen atoms in total. The summed E-state index contributed by atoms with van der Waals surface area (Å²) < 4.78 is 5.89. The number of hydrogen-bond donors (Lipinski definition) is 1. The molecule has 0 bridgehead atoms. The lowest BCUT2D eigenvalue weighted by Gasteiger charge is -2.26. The van der Waals surface area contributed by atoms with E-state index in [-0.39, 0.29) is 12.4 Å². The molecule has 0 saturated carbocycles. The van der Waals surface area contributed by atoms with Crippen molar-refractivity contribution in [2.75, 3.05) is 0 Å². The highest BCUT2D eigenvalue weighted by atomic mass is 35.5. The van der Waals surface area contributed by atoms with Gasteiger partial charge in [0.1, 0.15) is 12.4 Å². The van der Waals surface area contributed by atoms with Crippen molar-refractivity contribution < 1.29 is 4.74 Å². The van der Waals surface area contributed by atoms with Gasteiger partial charge >= 0.3 is 0 Å². The second-order valence-corrected chi connectivity index (χ2v) is 6.78. The fraction of sp³-hybridized carbons (Fsp3) is 0.261. The molecule has 1 N–H and O–H groups in total. The highest BCUT2D eigenvalue weighted by Crippen LogP contribution is 2.29. The number of nitrogens with one attached hydrogen (secondary N) is 1. The van der Waals surface area contributed by atoms with Gasteiger partial charge in [-0.2, -0.15) is 0 Å². The smallest absolute Gasteiger partial charge is 0.130 e. The summed E-state index contributed by atoms with van der Waals surface area (Å²) in [4.78, 5) is 4.30. The average molecular weight is 381 g/mol. The first kappa shape index (κ1) is 19.4. The molecule has 0 amide bonds. The molecule has 0 radical (unpaired) electrons. The maximum atomic E-state index is 5.89. The van der Waals surface area contributed by atoms with Crippen LogP contribution in [0.3, 0.4) is 0 Å². The normalized spacial score (nSPS) is 15.5. The zero-order chi connectivity index (χ0) is 17.6. The van der Waals surface area contributed by atoms with Crippen LogP contribution in [-0.4, -0.2) is 4.98 Å². The van der Waals surface area contributed by atoms with E-state index < -0.39 is 0 Å². The van der Waals surface area contributed by atoms with E-state index >= 15 is 0 Å². The minimum atomic E-state index is 0. The van der Waals surface area contributed by atoms with E-state index in [1.807, 2.05) is 24.3 Å². The predicted octanol–water partition coefficient (Wildman–Crippen LogP) is 5.25. The second kappa shape index (κ2) is 9.54. The van der Waals surface area contributed by atoms with Gasteiger partial charge in [0.25, 0.3) is 0 Å². The van der Waals surface area contributed by atoms with Crippen molar-refractivity contribution in [2.24, 2.45) is 0 Å². The molecule has 0 fully saturated rings. The molecule has 27 heavy (non-hydrogen) atoms. The van der Waals surface area contributed by atoms with Crippen LogP contribution in [0, 0.1) is 0 Å². The summed E-state index contributed by atoms with van der Waals surface area (Å²) in [7, 11) is 0. The average Bonchev–Trinajstić information content (AvgIpc) is 2.72. The number of fused-ring (bicyclic) bond motifs is 1. The second-order valence-electron chi connectivity index (χ2n) is 6.78. The molecule has 4 rings (SSSR count). The zero-order valence-corrected chi connectivity index (χ0v) is 16.1. The largest absolute Gasteiger partial charge is 0.487 e. The van der Waals surface area contributed by atoms with Gasteiger partial charge in [-0.25, -0.2) is 0 Å². The molecule has 1 aliphatic carbocycles. The van der Waals surface area contributed by atoms with Gasteiger partial charge in [0.2, 0.25) is 0 Å². The van der Waals surface area contributed by atoms with Crippen LogP contribution in [0.25, 0.3) is 0 Å². The summed E-state index contributed by atoms with van der Waals surface area (Å²) in [5.74, 6) is 0.888. The Morgan fingerprint density at radius 3 is 2.78 bits per heavy atom. The van der Waals surface area contributed by atoms with E-state index in [2.05, 4.69) is 52.8 Å². The topological polar surface area (TPSA) is 34.1 Å². The van der Waals surface area contributed by atoms with Gasteiger partial charge in [0, 0.05) is 18.8 Å². The van der Waals surface area contributed by atoms with Crippen molar-refractivity contribution in [3.63, 3.8) is 0 Å². The van der Waals surface area contributed by atoms with Crippen LogP contribution >= 0.6 is 12.4 Å². The van der Waals surface area contributed by atoms with E-state index in [0.29, 0.717) is 12.6 Å². The first-order valence-corrected chi connectivity index (χ1v) is 9.31. The molecule has 140 valence electrons. The Hall–Kier alpha value is -2.36. The number of aromatic nitrogens is 1. The first-order chi connectivity index (χ1) is 12.9. The van der Waals surface area contributed by atoms with Crippen molar-refractivity contribution >= 4 is 12.4 Å². The molecule has 0 saturated heterocycles. The van der Waals surface area contributed by atoms with Crippen molar-refractivity contribution in [1.82, 2.24) is 10.3 Å². The number of rotatable bonds is 6. The molecule has 0 spiro atoms. The van der Waals surface area contributed by atoms with Gasteiger partial charge in [0.15, 0.2) is 0 Å². The summed E-state index contributed by atoms with van der Waals surface area (Å²) in [6, 6.07) is 23.4. The van der Waals surface area contributed by atoms with Crippen LogP contribution in [0.2, 0.25) is 0 Å². The summed E-state index contributed by atoms with van der Waals surface area (Å²) in [5.41, 5.74) is 5.13. The lowest BCUT2D eigenvalue weighted by molar-refractivity contribution is 0.301. The Balaban J connectivity index is 0.00000210. The molecule has 4 heteroatoms. The molecule has 1 aliphatic rings. The number of hydrogen-bond acceptors (Lipinski definition) is 3. The number of nitrogens with zero attached hydrogens (tertiary/aromatic N) is 1. The van der Waals surface area contributed by atoms with Crippen LogP contribution in [0.15, 0.2) is 72.9 Å². The maximum Gasteiger partial charge on any atom is 0.130 e. The Morgan fingerprint density at radius 2 is 1.89 bits per heavy atom. The van der Waals surface area contributed by atoms with Gasteiger partial charge in [-0.05, 0) is 60.2 Å². The highest BCUT2D eigenvalue weighted by molar-refractivity contribution is 5.85. The molecule has 1 aromatic heterocycles. The molecule has 1 unspecified atom stereocenters. The van der Waals surface area contributed by atoms with Gasteiger partial charge in [-0.15, -0.1) is 12.4 Å². The SMILES string of the molecule is Cl.c1ccc(COc2cccc(CNC3CCCc4ccccc43)c2)nc1. The number of aryl methyl sites for hydroxylation is 1. The fourth-order valence-electron chi connectivity index (χ4n) is 3.59. The van der Waals surface area contributed by atoms with Gasteiger partial charge in [-0.3, -0.25) is 4.98 Å². The van der Waals surface area contributed by atoms with Crippen molar-refractivity contribution in [1.29, 1.82) is 0 Å². The summed E-state index contributed by atoms with van der Waals surface area (Å²) in [6.07, 6.45) is 5.45. The van der Waals surface area contributed by atoms with Crippen LogP contribution < -0.4 is 10.1 Å². The minimum Gasteiger partial charge on any atom is -0.487 e. The molecular formula is C23H25ClN2O. The summed E-state index contributed by atoms with van der Waals surface area (Å²) in [6.45, 7) is 1.34. The summed E-state index contributed by atoms with van der Waals surface area (Å²) >= 11 is 0. The van der Waals surface area contributed by atoms with Crippen LogP contribution in [-0.2, 0) is 19.6 Å². The Kier molecular flexibility index (Phi) is 6.86. The molecule has 1 heterocycles. The van der Waals surface area contributed by atoms with E-state index in [1.165, 1.54) is 36.0 Å². The van der Waals surface area contributed by atoms with Gasteiger partial charge in [0.05, 0.1) is 5.69 Å². The van der Waals surface area contributed by atoms with E-state index in [0.717, 1.165) is 18.0 Å². The summed E-state index contributed by atoms with van der Waals surface area (Å²) in [5, 5.41) is 3.73. The molecule has 2 aromatic carbocycles. The van der Waals surface area contributed by atoms with Crippen molar-refractivity contribution in [2.45, 2.75) is 38.5 Å². The third-order valence-electron chi connectivity index (χ3n) is 4.93.